The van der Waals surface area contributed by atoms with Gasteiger partial charge in [0.25, 0.3) is 5.91 Å². The highest BCUT2D eigenvalue weighted by Gasteiger charge is 2.49. The molecule has 1 N–H and O–H groups in total. The van der Waals surface area contributed by atoms with Crippen LogP contribution in [0.4, 0.5) is 4.79 Å². The summed E-state index contributed by atoms with van der Waals surface area (Å²) in [4.78, 5) is 25.1. The number of urea groups is 1. The van der Waals surface area contributed by atoms with Crippen molar-refractivity contribution in [3.05, 3.63) is 0 Å². The number of hydrogen-bond donors (Lipinski definition) is 1. The van der Waals surface area contributed by atoms with Crippen LogP contribution in [0.2, 0.25) is 0 Å². The summed E-state index contributed by atoms with van der Waals surface area (Å²) in [6.45, 7) is 4.54. The van der Waals surface area contributed by atoms with E-state index in [1.165, 1.54) is 0 Å². The first-order valence-electron chi connectivity index (χ1n) is 5.24. The van der Waals surface area contributed by atoms with Gasteiger partial charge in [0, 0.05) is 12.3 Å². The summed E-state index contributed by atoms with van der Waals surface area (Å²) in [6.07, 6.45) is 3.35. The molecule has 1 fully saturated rings. The lowest BCUT2D eigenvalue weighted by atomic mass is 9.91. The zero-order valence-corrected chi connectivity index (χ0v) is 10.3. The summed E-state index contributed by atoms with van der Waals surface area (Å²) in [7, 11) is 0. The summed E-state index contributed by atoms with van der Waals surface area (Å²) in [5.74, 6) is 0.723. The van der Waals surface area contributed by atoms with Crippen LogP contribution in [0, 0.1) is 0 Å². The lowest BCUT2D eigenvalue weighted by Gasteiger charge is -2.33. The van der Waals surface area contributed by atoms with E-state index in [2.05, 4.69) is 5.32 Å². The van der Waals surface area contributed by atoms with Crippen molar-refractivity contribution in [3.8, 4) is 0 Å². The van der Waals surface area contributed by atoms with Crippen molar-refractivity contribution >= 4 is 23.7 Å². The third kappa shape index (κ3) is 1.97. The predicted octanol–water partition coefficient (Wildman–Crippen LogP) is 1.46. The lowest BCUT2D eigenvalue weighted by molar-refractivity contribution is -0.126. The van der Waals surface area contributed by atoms with Crippen molar-refractivity contribution in [2.45, 2.75) is 32.2 Å². The minimum atomic E-state index is -0.604. The first-order chi connectivity index (χ1) is 7.12. The number of nitrogens with zero attached hydrogens (tertiary/aromatic N) is 1. The number of amides is 3. The van der Waals surface area contributed by atoms with Crippen molar-refractivity contribution in [1.82, 2.24) is 10.2 Å². The number of rotatable bonds is 5. The number of carbonyl (C=O) groups is 2. The molecule has 4 nitrogen and oxygen atoms in total. The Morgan fingerprint density at radius 2 is 1.93 bits per heavy atom. The monoisotopic (exact) mass is 230 g/mol. The molecule has 0 bridgehead atoms. The fourth-order valence-electron chi connectivity index (χ4n) is 2.05. The summed E-state index contributed by atoms with van der Waals surface area (Å²) < 4.78 is 0. The molecule has 0 aromatic rings. The largest absolute Gasteiger partial charge is 0.325 e. The molecule has 0 atom stereocenters. The maximum absolute atomic E-state index is 11.8. The van der Waals surface area contributed by atoms with Crippen molar-refractivity contribution in [3.63, 3.8) is 0 Å². The Balaban J connectivity index is 2.88. The van der Waals surface area contributed by atoms with Crippen LogP contribution < -0.4 is 5.32 Å². The molecule has 15 heavy (non-hydrogen) atoms. The summed E-state index contributed by atoms with van der Waals surface area (Å²) in [6, 6.07) is -0.238. The summed E-state index contributed by atoms with van der Waals surface area (Å²) in [5.41, 5.74) is -0.604. The number of carbonyl (C=O) groups excluding carboxylic acids is 2. The van der Waals surface area contributed by atoms with E-state index in [9.17, 15) is 9.59 Å². The third-order valence-electron chi connectivity index (χ3n) is 3.09. The molecule has 5 heteroatoms. The molecule has 1 aliphatic rings. The Morgan fingerprint density at radius 1 is 1.33 bits per heavy atom. The van der Waals surface area contributed by atoms with Crippen LogP contribution in [0.3, 0.4) is 0 Å². The van der Waals surface area contributed by atoms with Gasteiger partial charge in [-0.05, 0) is 19.1 Å². The number of imide groups is 1. The normalized spacial score (nSPS) is 19.5. The van der Waals surface area contributed by atoms with E-state index in [0.717, 1.165) is 5.75 Å². The molecule has 1 aliphatic heterocycles. The summed E-state index contributed by atoms with van der Waals surface area (Å²) >= 11 is 1.68. The third-order valence-corrected chi connectivity index (χ3v) is 3.68. The minimum Gasteiger partial charge on any atom is -0.309 e. The zero-order chi connectivity index (χ0) is 11.5. The highest BCUT2D eigenvalue weighted by molar-refractivity contribution is 7.98. The average Bonchev–Trinajstić information content (AvgIpc) is 2.47. The summed E-state index contributed by atoms with van der Waals surface area (Å²) in [5, 5.41) is 2.41. The fraction of sp³-hybridized carbons (Fsp3) is 0.800. The predicted molar refractivity (Wildman–Crippen MR) is 61.9 cm³/mol. The van der Waals surface area contributed by atoms with E-state index in [1.54, 1.807) is 16.7 Å². The second-order valence-electron chi connectivity index (χ2n) is 3.64. The molecule has 3 amide bonds. The molecule has 1 heterocycles. The quantitative estimate of drug-likeness (QED) is 0.727. The van der Waals surface area contributed by atoms with Gasteiger partial charge in [-0.25, -0.2) is 4.79 Å². The molecular weight excluding hydrogens is 212 g/mol. The van der Waals surface area contributed by atoms with E-state index in [4.69, 9.17) is 0 Å². The maximum atomic E-state index is 11.8. The van der Waals surface area contributed by atoms with Gasteiger partial charge < -0.3 is 4.90 Å². The number of thioether (sulfide) groups is 1. The van der Waals surface area contributed by atoms with E-state index >= 15 is 0 Å². The second-order valence-corrected chi connectivity index (χ2v) is 4.63. The Morgan fingerprint density at radius 3 is 2.40 bits per heavy atom. The van der Waals surface area contributed by atoms with Crippen LogP contribution in [0.5, 0.6) is 0 Å². The van der Waals surface area contributed by atoms with Crippen LogP contribution >= 0.6 is 11.8 Å². The first kappa shape index (κ1) is 12.4. The highest BCUT2D eigenvalue weighted by atomic mass is 32.2. The zero-order valence-electron chi connectivity index (χ0n) is 9.50. The van der Waals surface area contributed by atoms with E-state index in [1.807, 2.05) is 20.1 Å². The van der Waals surface area contributed by atoms with Crippen molar-refractivity contribution in [2.75, 3.05) is 18.6 Å². The van der Waals surface area contributed by atoms with Gasteiger partial charge in [-0.15, -0.1) is 0 Å². The van der Waals surface area contributed by atoms with E-state index in [-0.39, 0.29) is 11.9 Å². The minimum absolute atomic E-state index is 0.140. The van der Waals surface area contributed by atoms with Crippen LogP contribution in [-0.4, -0.2) is 40.9 Å². The highest BCUT2D eigenvalue weighted by Crippen LogP contribution is 2.29. The smallest absolute Gasteiger partial charge is 0.309 e. The Bertz CT molecular complexity index is 264. The Hall–Kier alpha value is -0.710. The van der Waals surface area contributed by atoms with Crippen molar-refractivity contribution in [1.29, 1.82) is 0 Å². The van der Waals surface area contributed by atoms with Gasteiger partial charge in [0.05, 0.1) is 0 Å². The van der Waals surface area contributed by atoms with Gasteiger partial charge in [-0.3, -0.25) is 10.1 Å². The second kappa shape index (κ2) is 4.88. The molecular formula is C10H18N2O2S. The first-order valence-corrected chi connectivity index (χ1v) is 6.63. The van der Waals surface area contributed by atoms with Gasteiger partial charge in [-0.2, -0.15) is 11.8 Å². The molecule has 0 saturated carbocycles. The van der Waals surface area contributed by atoms with Crippen LogP contribution in [-0.2, 0) is 4.79 Å². The molecule has 0 aliphatic carbocycles. The number of nitrogens with one attached hydrogen (secondary N) is 1. The van der Waals surface area contributed by atoms with Gasteiger partial charge in [0.1, 0.15) is 5.54 Å². The molecule has 0 radical (unpaired) electrons. The van der Waals surface area contributed by atoms with Gasteiger partial charge in [0.15, 0.2) is 0 Å². The van der Waals surface area contributed by atoms with E-state index < -0.39 is 5.54 Å². The molecule has 0 unspecified atom stereocenters. The van der Waals surface area contributed by atoms with Crippen molar-refractivity contribution in [2.24, 2.45) is 0 Å². The van der Waals surface area contributed by atoms with Crippen LogP contribution in [0.15, 0.2) is 0 Å². The average molecular weight is 230 g/mol. The SMILES string of the molecule is CCC1(CC)C(=O)NC(=O)N1CCSC. The molecule has 1 rings (SSSR count). The molecule has 1 saturated heterocycles. The van der Waals surface area contributed by atoms with Crippen LogP contribution in [0.1, 0.15) is 26.7 Å². The lowest BCUT2D eigenvalue weighted by Crippen LogP contribution is -2.49. The van der Waals surface area contributed by atoms with Crippen molar-refractivity contribution < 1.29 is 9.59 Å². The molecule has 86 valence electrons. The van der Waals surface area contributed by atoms with Crippen LogP contribution in [0.25, 0.3) is 0 Å². The Kier molecular flexibility index (Phi) is 4.02. The molecule has 0 spiro atoms. The molecule has 0 aromatic heterocycles. The Labute approximate surface area is 94.8 Å². The van der Waals surface area contributed by atoms with Gasteiger partial charge in [0.2, 0.25) is 0 Å². The fourth-order valence-corrected chi connectivity index (χ4v) is 2.41. The van der Waals surface area contributed by atoms with E-state index in [0.29, 0.717) is 19.4 Å². The standard InChI is InChI=1S/C10H18N2O2S/c1-4-10(5-2)8(13)11-9(14)12(10)6-7-15-3/h4-7H2,1-3H3,(H,11,13,14). The molecule has 0 aromatic carbocycles. The van der Waals surface area contributed by atoms with Gasteiger partial charge in [-0.1, -0.05) is 13.8 Å². The van der Waals surface area contributed by atoms with Gasteiger partial charge >= 0.3 is 6.03 Å². The maximum Gasteiger partial charge on any atom is 0.325 e. The topological polar surface area (TPSA) is 49.4 Å². The number of hydrogen-bond acceptors (Lipinski definition) is 3.